The Balaban J connectivity index is 2.52. The highest BCUT2D eigenvalue weighted by Crippen LogP contribution is 2.14. The average Bonchev–Trinajstić information content (AvgIpc) is 2.51. The molecule has 2 aromatic heterocycles. The molecule has 2 aromatic rings. The predicted octanol–water partition coefficient (Wildman–Crippen LogP) is 1.04. The first-order valence-corrected chi connectivity index (χ1v) is 4.03. The lowest BCUT2D eigenvalue weighted by Gasteiger charge is -2.00. The predicted molar refractivity (Wildman–Crippen MR) is 48.5 cm³/mol. The molecule has 5 nitrogen and oxygen atoms in total. The van der Waals surface area contributed by atoms with Crippen molar-refractivity contribution in [2.24, 2.45) is 0 Å². The van der Waals surface area contributed by atoms with Crippen LogP contribution in [0.3, 0.4) is 0 Å². The van der Waals surface area contributed by atoms with Crippen molar-refractivity contribution in [3.63, 3.8) is 0 Å². The highest BCUT2D eigenvalue weighted by Gasteiger charge is 2.08. The van der Waals surface area contributed by atoms with Crippen LogP contribution in [0, 0.1) is 5.82 Å². The summed E-state index contributed by atoms with van der Waals surface area (Å²) in [6.45, 7) is 0. The van der Waals surface area contributed by atoms with Crippen molar-refractivity contribution in [3.8, 4) is 5.82 Å². The van der Waals surface area contributed by atoms with Crippen molar-refractivity contribution in [2.75, 3.05) is 5.73 Å². The summed E-state index contributed by atoms with van der Waals surface area (Å²) in [6.07, 6.45) is 2.59. The maximum Gasteiger partial charge on any atom is 0.239 e. The van der Waals surface area contributed by atoms with Gasteiger partial charge in [0, 0.05) is 6.20 Å². The molecule has 0 aromatic carbocycles. The molecule has 0 aliphatic heterocycles. The first-order chi connectivity index (χ1) is 6.66. The highest BCUT2D eigenvalue weighted by atomic mass is 35.5. The normalized spacial score (nSPS) is 10.4. The summed E-state index contributed by atoms with van der Waals surface area (Å²) < 4.78 is 14.4. The van der Waals surface area contributed by atoms with Crippen molar-refractivity contribution < 1.29 is 4.39 Å². The topological polar surface area (TPSA) is 69.6 Å². The largest absolute Gasteiger partial charge is 0.366 e. The van der Waals surface area contributed by atoms with Gasteiger partial charge in [-0.15, -0.1) is 5.10 Å². The molecule has 7 heteroatoms. The standard InChI is InChI=1S/C7H5ClFN5/c8-4-1-5(9)6(11-2-4)14-3-12-7(10)13-14/h1-3H,(H2,10,13). The second-order valence-electron chi connectivity index (χ2n) is 2.51. The Morgan fingerprint density at radius 2 is 2.21 bits per heavy atom. The summed E-state index contributed by atoms with van der Waals surface area (Å²) in [5, 5.41) is 3.93. The SMILES string of the molecule is Nc1ncn(-c2ncc(Cl)cc2F)n1. The molecular weight excluding hydrogens is 209 g/mol. The second-order valence-corrected chi connectivity index (χ2v) is 2.94. The first-order valence-electron chi connectivity index (χ1n) is 3.65. The lowest BCUT2D eigenvalue weighted by Crippen LogP contribution is -2.02. The molecule has 72 valence electrons. The van der Waals surface area contributed by atoms with Gasteiger partial charge >= 0.3 is 0 Å². The van der Waals surface area contributed by atoms with E-state index in [-0.39, 0.29) is 16.8 Å². The number of hydrogen-bond acceptors (Lipinski definition) is 4. The minimum Gasteiger partial charge on any atom is -0.366 e. The molecule has 0 amide bonds. The Bertz CT molecular complexity index is 469. The van der Waals surface area contributed by atoms with E-state index in [1.54, 1.807) is 0 Å². The third-order valence-corrected chi connectivity index (χ3v) is 1.72. The van der Waals surface area contributed by atoms with Crippen molar-refractivity contribution in [1.82, 2.24) is 19.7 Å². The van der Waals surface area contributed by atoms with Crippen molar-refractivity contribution in [1.29, 1.82) is 0 Å². The van der Waals surface area contributed by atoms with Crippen LogP contribution in [0.1, 0.15) is 0 Å². The van der Waals surface area contributed by atoms with Gasteiger partial charge in [0.2, 0.25) is 5.95 Å². The number of hydrogen-bond donors (Lipinski definition) is 1. The summed E-state index contributed by atoms with van der Waals surface area (Å²) in [6, 6.07) is 1.14. The Hall–Kier alpha value is -1.69. The van der Waals surface area contributed by atoms with Gasteiger partial charge in [0.25, 0.3) is 0 Å². The Kier molecular flexibility index (Phi) is 2.05. The summed E-state index contributed by atoms with van der Waals surface area (Å²) >= 11 is 5.54. The number of nitrogens with zero attached hydrogens (tertiary/aromatic N) is 4. The molecule has 0 bridgehead atoms. The summed E-state index contributed by atoms with van der Waals surface area (Å²) in [4.78, 5) is 7.41. The molecule has 0 aliphatic rings. The fraction of sp³-hybridized carbons (Fsp3) is 0. The molecule has 2 N–H and O–H groups in total. The number of rotatable bonds is 1. The van der Waals surface area contributed by atoms with Crippen LogP contribution in [0.2, 0.25) is 5.02 Å². The van der Waals surface area contributed by atoms with E-state index >= 15 is 0 Å². The number of pyridine rings is 1. The van der Waals surface area contributed by atoms with E-state index in [1.165, 1.54) is 12.5 Å². The van der Waals surface area contributed by atoms with E-state index in [2.05, 4.69) is 15.1 Å². The van der Waals surface area contributed by atoms with E-state index in [0.717, 1.165) is 10.7 Å². The third-order valence-electron chi connectivity index (χ3n) is 1.51. The number of aromatic nitrogens is 4. The van der Waals surface area contributed by atoms with Gasteiger partial charge in [0.05, 0.1) is 5.02 Å². The molecule has 0 saturated carbocycles. The lowest BCUT2D eigenvalue weighted by atomic mass is 10.4. The van der Waals surface area contributed by atoms with Crippen molar-refractivity contribution in [3.05, 3.63) is 29.4 Å². The van der Waals surface area contributed by atoms with Gasteiger partial charge < -0.3 is 5.73 Å². The number of halogens is 2. The molecule has 0 spiro atoms. The van der Waals surface area contributed by atoms with Crippen LogP contribution in [0.4, 0.5) is 10.3 Å². The van der Waals surface area contributed by atoms with Crippen molar-refractivity contribution in [2.45, 2.75) is 0 Å². The summed E-state index contributed by atoms with van der Waals surface area (Å²) in [5.41, 5.74) is 5.28. The van der Waals surface area contributed by atoms with Gasteiger partial charge in [-0.2, -0.15) is 4.68 Å². The third kappa shape index (κ3) is 1.51. The zero-order valence-corrected chi connectivity index (χ0v) is 7.61. The molecular formula is C7H5ClFN5. The van der Waals surface area contributed by atoms with Gasteiger partial charge in [-0.3, -0.25) is 0 Å². The summed E-state index contributed by atoms with van der Waals surface area (Å²) in [7, 11) is 0. The van der Waals surface area contributed by atoms with Gasteiger partial charge in [0.1, 0.15) is 6.33 Å². The summed E-state index contributed by atoms with van der Waals surface area (Å²) in [5.74, 6) is -0.512. The molecule has 0 fully saturated rings. The molecule has 2 rings (SSSR count). The second kappa shape index (κ2) is 3.22. The fourth-order valence-electron chi connectivity index (χ4n) is 0.954. The number of nitrogen functional groups attached to an aromatic ring is 1. The Morgan fingerprint density at radius 1 is 1.43 bits per heavy atom. The first kappa shape index (κ1) is 8.89. The molecule has 0 saturated heterocycles. The van der Waals surface area contributed by atoms with Gasteiger partial charge in [0.15, 0.2) is 11.6 Å². The van der Waals surface area contributed by atoms with Crippen LogP contribution in [0.5, 0.6) is 0 Å². The van der Waals surface area contributed by atoms with Crippen LogP contribution < -0.4 is 5.73 Å². The highest BCUT2D eigenvalue weighted by molar-refractivity contribution is 6.30. The molecule has 0 atom stereocenters. The molecule has 0 aliphatic carbocycles. The molecule has 2 heterocycles. The Morgan fingerprint density at radius 3 is 2.79 bits per heavy atom. The van der Waals surface area contributed by atoms with Crippen LogP contribution in [-0.4, -0.2) is 19.7 Å². The maximum absolute atomic E-state index is 13.3. The number of anilines is 1. The van der Waals surface area contributed by atoms with Gasteiger partial charge in [-0.1, -0.05) is 11.6 Å². The zero-order valence-electron chi connectivity index (χ0n) is 6.85. The molecule has 14 heavy (non-hydrogen) atoms. The minimum absolute atomic E-state index is 0.0126. The van der Waals surface area contributed by atoms with E-state index in [4.69, 9.17) is 17.3 Å². The van der Waals surface area contributed by atoms with Crippen LogP contribution in [-0.2, 0) is 0 Å². The monoisotopic (exact) mass is 213 g/mol. The van der Waals surface area contributed by atoms with Crippen LogP contribution >= 0.6 is 11.6 Å². The Labute approximate surface area is 83.3 Å². The van der Waals surface area contributed by atoms with Crippen molar-refractivity contribution >= 4 is 17.5 Å². The van der Waals surface area contributed by atoms with E-state index in [0.29, 0.717) is 0 Å². The quantitative estimate of drug-likeness (QED) is 0.768. The molecule has 0 unspecified atom stereocenters. The smallest absolute Gasteiger partial charge is 0.239 e. The number of nitrogens with two attached hydrogens (primary N) is 1. The van der Waals surface area contributed by atoms with Crippen LogP contribution in [0.25, 0.3) is 5.82 Å². The van der Waals surface area contributed by atoms with E-state index in [1.807, 2.05) is 0 Å². The molecule has 0 radical (unpaired) electrons. The van der Waals surface area contributed by atoms with E-state index < -0.39 is 5.82 Å². The average molecular weight is 214 g/mol. The zero-order chi connectivity index (χ0) is 10.1. The van der Waals surface area contributed by atoms with E-state index in [9.17, 15) is 4.39 Å². The van der Waals surface area contributed by atoms with Crippen LogP contribution in [0.15, 0.2) is 18.6 Å². The van der Waals surface area contributed by atoms with Gasteiger partial charge in [-0.05, 0) is 6.07 Å². The fourth-order valence-corrected chi connectivity index (χ4v) is 1.10. The lowest BCUT2D eigenvalue weighted by molar-refractivity contribution is 0.601. The minimum atomic E-state index is -0.581. The maximum atomic E-state index is 13.3. The van der Waals surface area contributed by atoms with Gasteiger partial charge in [-0.25, -0.2) is 14.4 Å².